The van der Waals surface area contributed by atoms with E-state index in [-0.39, 0.29) is 0 Å². The van der Waals surface area contributed by atoms with Gasteiger partial charge in [-0.3, -0.25) is 4.57 Å². The molecule has 4 aromatic rings. The van der Waals surface area contributed by atoms with E-state index in [4.69, 9.17) is 32.7 Å². The van der Waals surface area contributed by atoms with Gasteiger partial charge in [0.1, 0.15) is 11.5 Å². The van der Waals surface area contributed by atoms with Crippen molar-refractivity contribution < 1.29 is 9.47 Å². The van der Waals surface area contributed by atoms with Crippen LogP contribution in [0.15, 0.2) is 65.8 Å². The first-order valence-electron chi connectivity index (χ1n) is 9.81. The van der Waals surface area contributed by atoms with E-state index in [0.717, 1.165) is 27.5 Å². The maximum absolute atomic E-state index is 6.19. The first-order valence-corrected chi connectivity index (χ1v) is 11.6. The van der Waals surface area contributed by atoms with E-state index in [1.807, 2.05) is 42.5 Å². The van der Waals surface area contributed by atoms with Gasteiger partial charge in [0.05, 0.1) is 30.0 Å². The molecular formula is C24H21Cl2N3O2S. The third-order valence-electron chi connectivity index (χ3n) is 4.95. The summed E-state index contributed by atoms with van der Waals surface area (Å²) in [5.74, 6) is 2.74. The molecule has 0 unspecified atom stereocenters. The normalized spacial score (nSPS) is 10.9. The highest BCUT2D eigenvalue weighted by molar-refractivity contribution is 7.98. The molecule has 0 bridgehead atoms. The van der Waals surface area contributed by atoms with Crippen molar-refractivity contribution in [2.45, 2.75) is 17.8 Å². The molecular weight excluding hydrogens is 465 g/mol. The van der Waals surface area contributed by atoms with E-state index in [0.29, 0.717) is 33.1 Å². The van der Waals surface area contributed by atoms with Crippen molar-refractivity contribution in [1.82, 2.24) is 14.8 Å². The molecule has 0 radical (unpaired) electrons. The third-order valence-corrected chi connectivity index (χ3v) is 6.69. The van der Waals surface area contributed by atoms with Crippen LogP contribution in [0.3, 0.4) is 0 Å². The van der Waals surface area contributed by atoms with Crippen LogP contribution in [-0.4, -0.2) is 29.0 Å². The number of benzene rings is 3. The molecule has 0 saturated carbocycles. The van der Waals surface area contributed by atoms with Gasteiger partial charge in [0, 0.05) is 17.4 Å². The fourth-order valence-electron chi connectivity index (χ4n) is 3.30. The van der Waals surface area contributed by atoms with E-state index >= 15 is 0 Å². The molecule has 164 valence electrons. The highest BCUT2D eigenvalue weighted by atomic mass is 35.5. The van der Waals surface area contributed by atoms with E-state index in [2.05, 4.69) is 33.8 Å². The number of hydrogen-bond acceptors (Lipinski definition) is 5. The largest absolute Gasteiger partial charge is 0.497 e. The summed E-state index contributed by atoms with van der Waals surface area (Å²) in [7, 11) is 3.26. The minimum absolute atomic E-state index is 0.536. The quantitative estimate of drug-likeness (QED) is 0.267. The van der Waals surface area contributed by atoms with Crippen LogP contribution in [0.5, 0.6) is 11.5 Å². The molecule has 5 nitrogen and oxygen atoms in total. The molecule has 1 aromatic heterocycles. The molecule has 0 aliphatic rings. The topological polar surface area (TPSA) is 49.2 Å². The average molecular weight is 486 g/mol. The molecule has 0 aliphatic carbocycles. The van der Waals surface area contributed by atoms with Crippen molar-refractivity contribution >= 4 is 35.0 Å². The Morgan fingerprint density at radius 2 is 1.59 bits per heavy atom. The van der Waals surface area contributed by atoms with Crippen molar-refractivity contribution in [1.29, 1.82) is 0 Å². The second-order valence-corrected chi connectivity index (χ2v) is 8.82. The molecule has 8 heteroatoms. The smallest absolute Gasteiger partial charge is 0.196 e. The molecule has 0 amide bonds. The number of para-hydroxylation sites is 1. The fourth-order valence-corrected chi connectivity index (χ4v) is 4.50. The zero-order valence-corrected chi connectivity index (χ0v) is 20.1. The Labute approximate surface area is 201 Å². The summed E-state index contributed by atoms with van der Waals surface area (Å²) in [5.41, 5.74) is 4.01. The highest BCUT2D eigenvalue weighted by Gasteiger charge is 2.19. The van der Waals surface area contributed by atoms with Gasteiger partial charge in [-0.2, -0.15) is 0 Å². The van der Waals surface area contributed by atoms with Crippen LogP contribution in [0, 0.1) is 6.92 Å². The van der Waals surface area contributed by atoms with Crippen LogP contribution < -0.4 is 9.47 Å². The zero-order chi connectivity index (χ0) is 22.7. The molecule has 0 N–H and O–H groups in total. The number of methoxy groups -OCH3 is 2. The number of hydrogen-bond donors (Lipinski definition) is 0. The Balaban J connectivity index is 1.79. The standard InChI is InChI=1S/C24H21Cl2N3O2S/c1-15-6-4-5-7-22(15)29-23(17-11-18(30-2)13-19(12-17)31-3)27-28-24(29)32-14-16-8-9-20(25)21(26)10-16/h4-13H,14H2,1-3H3. The molecule has 1 heterocycles. The van der Waals surface area contributed by atoms with Gasteiger partial charge in [-0.05, 0) is 48.4 Å². The maximum atomic E-state index is 6.19. The van der Waals surface area contributed by atoms with Gasteiger partial charge < -0.3 is 9.47 Å². The van der Waals surface area contributed by atoms with Crippen LogP contribution in [0.2, 0.25) is 10.0 Å². The Hall–Kier alpha value is -2.67. The van der Waals surface area contributed by atoms with Crippen LogP contribution in [0.25, 0.3) is 17.1 Å². The lowest BCUT2D eigenvalue weighted by Crippen LogP contribution is -2.02. The van der Waals surface area contributed by atoms with E-state index in [9.17, 15) is 0 Å². The van der Waals surface area contributed by atoms with Gasteiger partial charge in [-0.15, -0.1) is 10.2 Å². The SMILES string of the molecule is COc1cc(OC)cc(-c2nnc(SCc3ccc(Cl)c(Cl)c3)n2-c2ccccc2C)c1. The first-order chi connectivity index (χ1) is 15.5. The van der Waals surface area contributed by atoms with Crippen molar-refractivity contribution in [3.8, 4) is 28.6 Å². The monoisotopic (exact) mass is 485 g/mol. The summed E-state index contributed by atoms with van der Waals surface area (Å²) in [4.78, 5) is 0. The number of aryl methyl sites for hydroxylation is 1. The number of thioether (sulfide) groups is 1. The summed E-state index contributed by atoms with van der Waals surface area (Å²) < 4.78 is 13.0. The molecule has 3 aromatic carbocycles. The number of rotatable bonds is 7. The molecule has 0 aliphatic heterocycles. The third kappa shape index (κ3) is 4.72. The van der Waals surface area contributed by atoms with Crippen molar-refractivity contribution in [2.24, 2.45) is 0 Å². The molecule has 4 rings (SSSR count). The minimum Gasteiger partial charge on any atom is -0.497 e. The second-order valence-electron chi connectivity index (χ2n) is 7.07. The van der Waals surface area contributed by atoms with Gasteiger partial charge >= 0.3 is 0 Å². The van der Waals surface area contributed by atoms with Gasteiger partial charge in [0.2, 0.25) is 0 Å². The van der Waals surface area contributed by atoms with Gasteiger partial charge in [0.25, 0.3) is 0 Å². The van der Waals surface area contributed by atoms with Gasteiger partial charge in [-0.1, -0.05) is 59.2 Å². The summed E-state index contributed by atoms with van der Waals surface area (Å²) in [6, 6.07) is 19.5. The van der Waals surface area contributed by atoms with Crippen LogP contribution in [0.4, 0.5) is 0 Å². The number of halogens is 2. The van der Waals surface area contributed by atoms with Crippen molar-refractivity contribution in [2.75, 3.05) is 14.2 Å². The highest BCUT2D eigenvalue weighted by Crippen LogP contribution is 2.35. The predicted molar refractivity (Wildman–Crippen MR) is 131 cm³/mol. The Morgan fingerprint density at radius 1 is 0.875 bits per heavy atom. The average Bonchev–Trinajstić information content (AvgIpc) is 3.23. The second kappa shape index (κ2) is 9.86. The van der Waals surface area contributed by atoms with Gasteiger partial charge in [-0.25, -0.2) is 0 Å². The lowest BCUT2D eigenvalue weighted by molar-refractivity contribution is 0.394. The van der Waals surface area contributed by atoms with E-state index in [1.165, 1.54) is 0 Å². The van der Waals surface area contributed by atoms with Crippen LogP contribution >= 0.6 is 35.0 Å². The molecule has 0 atom stereocenters. The fraction of sp³-hybridized carbons (Fsp3) is 0.167. The Kier molecular flexibility index (Phi) is 6.94. The maximum Gasteiger partial charge on any atom is 0.196 e. The first kappa shape index (κ1) is 22.5. The Morgan fingerprint density at radius 3 is 2.25 bits per heavy atom. The van der Waals surface area contributed by atoms with Crippen LogP contribution in [0.1, 0.15) is 11.1 Å². The van der Waals surface area contributed by atoms with E-state index in [1.54, 1.807) is 32.0 Å². The van der Waals surface area contributed by atoms with Crippen molar-refractivity contribution in [3.63, 3.8) is 0 Å². The molecule has 32 heavy (non-hydrogen) atoms. The van der Waals surface area contributed by atoms with Crippen LogP contribution in [-0.2, 0) is 5.75 Å². The summed E-state index contributed by atoms with van der Waals surface area (Å²) >= 11 is 13.8. The molecule has 0 spiro atoms. The number of aromatic nitrogens is 3. The molecule has 0 fully saturated rings. The number of ether oxygens (including phenoxy) is 2. The summed E-state index contributed by atoms with van der Waals surface area (Å²) in [6.45, 7) is 2.07. The predicted octanol–water partition coefficient (Wildman–Crippen LogP) is 6.86. The number of nitrogens with zero attached hydrogens (tertiary/aromatic N) is 3. The van der Waals surface area contributed by atoms with Gasteiger partial charge in [0.15, 0.2) is 11.0 Å². The molecule has 0 saturated heterocycles. The summed E-state index contributed by atoms with van der Waals surface area (Å²) in [6.07, 6.45) is 0. The lowest BCUT2D eigenvalue weighted by Gasteiger charge is -2.14. The summed E-state index contributed by atoms with van der Waals surface area (Å²) in [5, 5.41) is 10.9. The minimum atomic E-state index is 0.536. The lowest BCUT2D eigenvalue weighted by atomic mass is 10.1. The zero-order valence-electron chi connectivity index (χ0n) is 17.8. The van der Waals surface area contributed by atoms with E-state index < -0.39 is 0 Å². The Bertz CT molecular complexity index is 1240. The van der Waals surface area contributed by atoms with Crippen molar-refractivity contribution in [3.05, 3.63) is 81.8 Å².